The molecular formula is C16H28ClN3. The molecule has 0 aliphatic heterocycles. The van der Waals surface area contributed by atoms with Gasteiger partial charge in [-0.05, 0) is 37.2 Å². The Hall–Kier alpha value is -0.540. The fourth-order valence-corrected chi connectivity index (χ4v) is 3.14. The van der Waals surface area contributed by atoms with Crippen LogP contribution in [0, 0.1) is 5.41 Å². The van der Waals surface area contributed by atoms with E-state index in [0.29, 0.717) is 11.5 Å². The molecule has 2 rings (SSSR count). The Morgan fingerprint density at radius 2 is 2.15 bits per heavy atom. The summed E-state index contributed by atoms with van der Waals surface area (Å²) in [7, 11) is 0. The molecule has 0 atom stereocenters. The number of rotatable bonds is 8. The maximum Gasteiger partial charge on any atom is 0.0762 e. The Bertz CT molecular complexity index is 394. The zero-order valence-corrected chi connectivity index (χ0v) is 13.6. The SMILES string of the molecule is CC(C)(CCCCl)CNCc1ccn(C2CCCC2)n1. The average molecular weight is 298 g/mol. The summed E-state index contributed by atoms with van der Waals surface area (Å²) in [5.74, 6) is 0.759. The normalized spacial score (nSPS) is 16.9. The molecule has 0 saturated heterocycles. The van der Waals surface area contributed by atoms with Gasteiger partial charge < -0.3 is 5.32 Å². The fourth-order valence-electron chi connectivity index (χ4n) is 3.01. The molecule has 20 heavy (non-hydrogen) atoms. The predicted molar refractivity (Wildman–Crippen MR) is 85.2 cm³/mol. The van der Waals surface area contributed by atoms with Gasteiger partial charge in [-0.25, -0.2) is 0 Å². The number of aromatic nitrogens is 2. The molecule has 114 valence electrons. The first-order valence-electron chi connectivity index (χ1n) is 7.91. The second-order valence-electron chi connectivity index (χ2n) is 6.79. The lowest BCUT2D eigenvalue weighted by atomic mass is 9.88. The second-order valence-corrected chi connectivity index (χ2v) is 7.16. The summed E-state index contributed by atoms with van der Waals surface area (Å²) in [4.78, 5) is 0. The van der Waals surface area contributed by atoms with E-state index < -0.39 is 0 Å². The third kappa shape index (κ3) is 4.78. The van der Waals surface area contributed by atoms with Crippen LogP contribution >= 0.6 is 11.6 Å². The third-order valence-electron chi connectivity index (χ3n) is 4.26. The first-order valence-corrected chi connectivity index (χ1v) is 8.45. The van der Waals surface area contributed by atoms with Crippen LogP contribution in [0.4, 0.5) is 0 Å². The van der Waals surface area contributed by atoms with E-state index in [1.54, 1.807) is 0 Å². The summed E-state index contributed by atoms with van der Waals surface area (Å²) in [5, 5.41) is 8.24. The summed E-state index contributed by atoms with van der Waals surface area (Å²) < 4.78 is 2.17. The van der Waals surface area contributed by atoms with E-state index in [1.807, 2.05) is 0 Å². The fraction of sp³-hybridized carbons (Fsp3) is 0.812. The van der Waals surface area contributed by atoms with Gasteiger partial charge >= 0.3 is 0 Å². The number of nitrogens with one attached hydrogen (secondary N) is 1. The van der Waals surface area contributed by atoms with Crippen molar-refractivity contribution in [2.75, 3.05) is 12.4 Å². The number of hydrogen-bond acceptors (Lipinski definition) is 2. The highest BCUT2D eigenvalue weighted by atomic mass is 35.5. The quantitative estimate of drug-likeness (QED) is 0.731. The molecule has 3 nitrogen and oxygen atoms in total. The van der Waals surface area contributed by atoms with Gasteiger partial charge in [-0.2, -0.15) is 5.10 Å². The average Bonchev–Trinajstić information content (AvgIpc) is 3.06. The van der Waals surface area contributed by atoms with Crippen molar-refractivity contribution in [1.82, 2.24) is 15.1 Å². The number of nitrogens with zero attached hydrogens (tertiary/aromatic N) is 2. The van der Waals surface area contributed by atoms with E-state index in [9.17, 15) is 0 Å². The molecule has 0 unspecified atom stereocenters. The van der Waals surface area contributed by atoms with Gasteiger partial charge in [-0.3, -0.25) is 4.68 Å². The molecule has 1 fully saturated rings. The minimum absolute atomic E-state index is 0.308. The van der Waals surface area contributed by atoms with E-state index in [4.69, 9.17) is 16.7 Å². The minimum Gasteiger partial charge on any atom is -0.311 e. The molecule has 1 aliphatic rings. The van der Waals surface area contributed by atoms with Crippen LogP contribution < -0.4 is 5.32 Å². The van der Waals surface area contributed by atoms with Crippen LogP contribution in [0.25, 0.3) is 0 Å². The first-order chi connectivity index (χ1) is 9.61. The van der Waals surface area contributed by atoms with Crippen molar-refractivity contribution in [3.05, 3.63) is 18.0 Å². The Morgan fingerprint density at radius 1 is 1.40 bits per heavy atom. The molecule has 1 N–H and O–H groups in total. The summed E-state index contributed by atoms with van der Waals surface area (Å²) >= 11 is 5.77. The predicted octanol–water partition coefficient (Wildman–Crippen LogP) is 4.13. The second kappa shape index (κ2) is 7.46. The topological polar surface area (TPSA) is 29.9 Å². The summed E-state index contributed by atoms with van der Waals surface area (Å²) in [6.07, 6.45) is 9.69. The van der Waals surface area contributed by atoms with Crippen LogP contribution in [0.1, 0.15) is 64.1 Å². The van der Waals surface area contributed by atoms with Crippen molar-refractivity contribution in [2.45, 2.75) is 65.0 Å². The highest BCUT2D eigenvalue weighted by Gasteiger charge is 2.18. The van der Waals surface area contributed by atoms with Crippen molar-refractivity contribution in [1.29, 1.82) is 0 Å². The first kappa shape index (κ1) is 15.8. The monoisotopic (exact) mass is 297 g/mol. The van der Waals surface area contributed by atoms with Gasteiger partial charge in [0.25, 0.3) is 0 Å². The molecule has 1 saturated carbocycles. The van der Waals surface area contributed by atoms with Gasteiger partial charge in [0, 0.05) is 25.2 Å². The molecule has 1 aliphatic carbocycles. The molecule has 0 amide bonds. The van der Waals surface area contributed by atoms with Crippen molar-refractivity contribution in [3.8, 4) is 0 Å². The molecule has 0 bridgehead atoms. The Kier molecular flexibility index (Phi) is 5.91. The van der Waals surface area contributed by atoms with Gasteiger partial charge in [0.1, 0.15) is 0 Å². The lowest BCUT2D eigenvalue weighted by Gasteiger charge is -2.24. The standard InChI is InChI=1S/C16H28ClN3/c1-16(2,9-5-10-17)13-18-12-14-8-11-20(19-14)15-6-3-4-7-15/h8,11,15,18H,3-7,9-10,12-13H2,1-2H3. The van der Waals surface area contributed by atoms with E-state index >= 15 is 0 Å². The minimum atomic E-state index is 0.308. The van der Waals surface area contributed by atoms with Crippen LogP contribution in [0.5, 0.6) is 0 Å². The molecule has 1 aromatic rings. The molecular weight excluding hydrogens is 270 g/mol. The van der Waals surface area contributed by atoms with E-state index in [-0.39, 0.29) is 0 Å². The van der Waals surface area contributed by atoms with Crippen molar-refractivity contribution >= 4 is 11.6 Å². The lowest BCUT2D eigenvalue weighted by Crippen LogP contribution is -2.29. The van der Waals surface area contributed by atoms with Gasteiger partial charge in [0.15, 0.2) is 0 Å². The van der Waals surface area contributed by atoms with Crippen LogP contribution in [0.2, 0.25) is 0 Å². The van der Waals surface area contributed by atoms with Crippen molar-refractivity contribution in [3.63, 3.8) is 0 Å². The zero-order valence-electron chi connectivity index (χ0n) is 12.9. The maximum absolute atomic E-state index is 5.77. The van der Waals surface area contributed by atoms with Gasteiger partial charge in [-0.15, -0.1) is 11.6 Å². The Balaban J connectivity index is 1.74. The van der Waals surface area contributed by atoms with Gasteiger partial charge in [-0.1, -0.05) is 26.7 Å². The highest BCUT2D eigenvalue weighted by molar-refractivity contribution is 6.17. The number of alkyl halides is 1. The largest absolute Gasteiger partial charge is 0.311 e. The van der Waals surface area contributed by atoms with Gasteiger partial charge in [0.2, 0.25) is 0 Å². The highest BCUT2D eigenvalue weighted by Crippen LogP contribution is 2.28. The van der Waals surface area contributed by atoms with E-state index in [2.05, 4.69) is 36.1 Å². The van der Waals surface area contributed by atoms with Gasteiger partial charge in [0.05, 0.1) is 11.7 Å². The molecule has 1 aromatic heterocycles. The Labute approximate surface area is 128 Å². The van der Waals surface area contributed by atoms with Crippen LogP contribution in [0.3, 0.4) is 0 Å². The number of hydrogen-bond donors (Lipinski definition) is 1. The third-order valence-corrected chi connectivity index (χ3v) is 4.53. The van der Waals surface area contributed by atoms with Crippen molar-refractivity contribution < 1.29 is 0 Å². The van der Waals surface area contributed by atoms with Crippen LogP contribution in [-0.4, -0.2) is 22.2 Å². The number of halogens is 1. The summed E-state index contributed by atoms with van der Waals surface area (Å²) in [6.45, 7) is 6.47. The van der Waals surface area contributed by atoms with Crippen molar-refractivity contribution in [2.24, 2.45) is 5.41 Å². The zero-order chi connectivity index (χ0) is 14.4. The smallest absolute Gasteiger partial charge is 0.0762 e. The van der Waals surface area contributed by atoms with E-state index in [0.717, 1.165) is 31.1 Å². The lowest BCUT2D eigenvalue weighted by molar-refractivity contribution is 0.310. The van der Waals surface area contributed by atoms with Crippen LogP contribution in [-0.2, 0) is 6.54 Å². The van der Waals surface area contributed by atoms with Crippen LogP contribution in [0.15, 0.2) is 12.3 Å². The molecule has 0 aromatic carbocycles. The maximum atomic E-state index is 5.77. The molecule has 1 heterocycles. The summed E-state index contributed by atoms with van der Waals surface area (Å²) in [6, 6.07) is 2.79. The molecule has 0 radical (unpaired) electrons. The molecule has 0 spiro atoms. The Morgan fingerprint density at radius 3 is 2.85 bits per heavy atom. The van der Waals surface area contributed by atoms with E-state index in [1.165, 1.54) is 32.1 Å². The summed E-state index contributed by atoms with van der Waals surface area (Å²) in [5.41, 5.74) is 1.47. The molecule has 4 heteroatoms.